The first kappa shape index (κ1) is 17.7. The van der Waals surface area contributed by atoms with Gasteiger partial charge >= 0.3 is 0 Å². The van der Waals surface area contributed by atoms with Crippen molar-refractivity contribution in [2.24, 2.45) is 0 Å². The molecule has 0 aliphatic carbocycles. The van der Waals surface area contributed by atoms with Crippen LogP contribution in [0.3, 0.4) is 0 Å². The average molecular weight is 344 g/mol. The highest BCUT2D eigenvalue weighted by molar-refractivity contribution is 5.90. The number of benzene rings is 2. The highest BCUT2D eigenvalue weighted by Crippen LogP contribution is 2.27. The molecular weight excluding hydrogens is 323 g/mol. The lowest BCUT2D eigenvalue weighted by Gasteiger charge is -2.14. The molecule has 0 atom stereocenters. The van der Waals surface area contributed by atoms with Gasteiger partial charge in [0, 0.05) is 17.1 Å². The first-order valence-corrected chi connectivity index (χ1v) is 8.70. The third kappa shape index (κ3) is 3.32. The van der Waals surface area contributed by atoms with Gasteiger partial charge in [-0.3, -0.25) is 0 Å². The van der Waals surface area contributed by atoms with Crippen molar-refractivity contribution in [3.8, 4) is 11.8 Å². The minimum absolute atomic E-state index is 0.305. The summed E-state index contributed by atoms with van der Waals surface area (Å²) in [5.74, 6) is -0.305. The second-order valence-corrected chi connectivity index (χ2v) is 6.32. The minimum Gasteiger partial charge on any atom is -0.318 e. The molecule has 0 amide bonds. The van der Waals surface area contributed by atoms with Gasteiger partial charge in [0.2, 0.25) is 0 Å². The topological polar surface area (TPSA) is 28.7 Å². The van der Waals surface area contributed by atoms with Gasteiger partial charge in [-0.15, -0.1) is 0 Å². The normalized spacial score (nSPS) is 11.4. The van der Waals surface area contributed by atoms with E-state index in [1.807, 2.05) is 12.1 Å². The van der Waals surface area contributed by atoms with Gasteiger partial charge in [0.1, 0.15) is 5.82 Å². The van der Waals surface area contributed by atoms with Crippen LogP contribution in [0.2, 0.25) is 0 Å². The first-order valence-electron chi connectivity index (χ1n) is 8.70. The third-order valence-corrected chi connectivity index (χ3v) is 4.66. The van der Waals surface area contributed by atoms with Crippen molar-refractivity contribution < 1.29 is 4.39 Å². The van der Waals surface area contributed by atoms with Gasteiger partial charge in [-0.1, -0.05) is 37.3 Å². The van der Waals surface area contributed by atoms with Crippen molar-refractivity contribution >= 4 is 11.6 Å². The van der Waals surface area contributed by atoms with Crippen LogP contribution in [0.4, 0.5) is 4.39 Å². The van der Waals surface area contributed by atoms with Crippen LogP contribution in [0.1, 0.15) is 35.0 Å². The second-order valence-electron chi connectivity index (χ2n) is 6.32. The highest BCUT2D eigenvalue weighted by atomic mass is 19.1. The third-order valence-electron chi connectivity index (χ3n) is 4.66. The summed E-state index contributed by atoms with van der Waals surface area (Å²) in [6, 6.07) is 18.7. The number of para-hydroxylation sites is 1. The number of aryl methyl sites for hydroxylation is 2. The maximum absolute atomic E-state index is 13.2. The molecule has 0 fully saturated rings. The van der Waals surface area contributed by atoms with Crippen molar-refractivity contribution in [3.05, 3.63) is 88.5 Å². The zero-order valence-corrected chi connectivity index (χ0v) is 15.3. The molecule has 3 rings (SSSR count). The van der Waals surface area contributed by atoms with Crippen LogP contribution in [0.5, 0.6) is 0 Å². The van der Waals surface area contributed by atoms with E-state index >= 15 is 0 Å². The van der Waals surface area contributed by atoms with Crippen LogP contribution >= 0.6 is 0 Å². The molecule has 0 unspecified atom stereocenters. The van der Waals surface area contributed by atoms with E-state index in [0.717, 1.165) is 23.4 Å². The van der Waals surface area contributed by atoms with E-state index < -0.39 is 0 Å². The lowest BCUT2D eigenvalue weighted by Crippen LogP contribution is -2.02. The molecule has 0 aliphatic heterocycles. The highest BCUT2D eigenvalue weighted by Gasteiger charge is 2.13. The largest absolute Gasteiger partial charge is 0.318 e. The first-order chi connectivity index (χ1) is 12.5. The van der Waals surface area contributed by atoms with Crippen LogP contribution in [0.25, 0.3) is 17.3 Å². The van der Waals surface area contributed by atoms with Gasteiger partial charge in [-0.25, -0.2) is 4.39 Å². The zero-order chi connectivity index (χ0) is 18.7. The molecule has 0 N–H and O–H groups in total. The predicted molar refractivity (Wildman–Crippen MR) is 105 cm³/mol. The molecule has 1 aromatic heterocycles. The number of nitrogens with zero attached hydrogens (tertiary/aromatic N) is 2. The summed E-state index contributed by atoms with van der Waals surface area (Å²) in [5, 5.41) is 9.56. The smallest absolute Gasteiger partial charge is 0.123 e. The molecule has 2 aromatic carbocycles. The Morgan fingerprint density at radius 1 is 1.12 bits per heavy atom. The summed E-state index contributed by atoms with van der Waals surface area (Å²) in [6.07, 6.45) is 2.83. The van der Waals surface area contributed by atoms with Crippen LogP contribution in [0.15, 0.2) is 54.6 Å². The van der Waals surface area contributed by atoms with E-state index in [1.165, 1.54) is 23.4 Å². The van der Waals surface area contributed by atoms with Crippen LogP contribution in [-0.2, 0) is 6.42 Å². The van der Waals surface area contributed by atoms with E-state index in [1.54, 1.807) is 12.1 Å². The second kappa shape index (κ2) is 7.41. The summed E-state index contributed by atoms with van der Waals surface area (Å²) < 4.78 is 15.4. The minimum atomic E-state index is -0.305. The van der Waals surface area contributed by atoms with E-state index in [9.17, 15) is 9.65 Å². The standard InChI is InChI=1S/C23H21FN2/c1-4-18-7-5-6-8-23(18)26-16(2)13-20(17(26)3)14-21(15-25)19-9-11-22(24)12-10-19/h5-14H,4H2,1-3H3. The van der Waals surface area contributed by atoms with Crippen molar-refractivity contribution in [2.75, 3.05) is 0 Å². The van der Waals surface area contributed by atoms with Gasteiger partial charge in [-0.2, -0.15) is 5.26 Å². The Morgan fingerprint density at radius 2 is 1.81 bits per heavy atom. The molecule has 0 saturated carbocycles. The Morgan fingerprint density at radius 3 is 2.46 bits per heavy atom. The maximum Gasteiger partial charge on any atom is 0.123 e. The Kier molecular flexibility index (Phi) is 5.04. The molecule has 130 valence electrons. The summed E-state index contributed by atoms with van der Waals surface area (Å²) in [6.45, 7) is 6.28. The number of halogens is 1. The van der Waals surface area contributed by atoms with E-state index in [0.29, 0.717) is 11.1 Å². The van der Waals surface area contributed by atoms with E-state index in [2.05, 4.69) is 55.7 Å². The fraction of sp³-hybridized carbons (Fsp3) is 0.174. The van der Waals surface area contributed by atoms with Gasteiger partial charge in [0.25, 0.3) is 0 Å². The molecule has 0 radical (unpaired) electrons. The number of aromatic nitrogens is 1. The number of rotatable bonds is 4. The number of hydrogen-bond acceptors (Lipinski definition) is 1. The van der Waals surface area contributed by atoms with Crippen LogP contribution in [-0.4, -0.2) is 4.57 Å². The number of hydrogen-bond donors (Lipinski definition) is 0. The van der Waals surface area contributed by atoms with Crippen molar-refractivity contribution in [1.29, 1.82) is 5.26 Å². The van der Waals surface area contributed by atoms with Gasteiger partial charge in [0.15, 0.2) is 0 Å². The molecule has 0 aliphatic rings. The predicted octanol–water partition coefficient (Wildman–Crippen LogP) is 5.86. The zero-order valence-electron chi connectivity index (χ0n) is 15.3. The summed E-state index contributed by atoms with van der Waals surface area (Å²) in [4.78, 5) is 0. The van der Waals surface area contributed by atoms with E-state index in [-0.39, 0.29) is 5.82 Å². The Hall–Kier alpha value is -3.12. The lowest BCUT2D eigenvalue weighted by atomic mass is 10.0. The summed E-state index contributed by atoms with van der Waals surface area (Å²) >= 11 is 0. The molecule has 2 nitrogen and oxygen atoms in total. The number of allylic oxidation sites excluding steroid dienone is 1. The van der Waals surface area contributed by atoms with Gasteiger partial charge < -0.3 is 4.57 Å². The van der Waals surface area contributed by atoms with E-state index in [4.69, 9.17) is 0 Å². The summed E-state index contributed by atoms with van der Waals surface area (Å²) in [5.41, 5.74) is 6.88. The lowest BCUT2D eigenvalue weighted by molar-refractivity contribution is 0.627. The Balaban J connectivity index is 2.10. The average Bonchev–Trinajstić information content (AvgIpc) is 2.93. The summed E-state index contributed by atoms with van der Waals surface area (Å²) in [7, 11) is 0. The van der Waals surface area contributed by atoms with Gasteiger partial charge in [-0.05, 0) is 67.3 Å². The fourth-order valence-electron chi connectivity index (χ4n) is 3.30. The Bertz CT molecular complexity index is 1000. The van der Waals surface area contributed by atoms with Gasteiger partial charge in [0.05, 0.1) is 11.6 Å². The quantitative estimate of drug-likeness (QED) is 0.545. The molecule has 1 heterocycles. The molecule has 0 saturated heterocycles. The van der Waals surface area contributed by atoms with Crippen molar-refractivity contribution in [3.63, 3.8) is 0 Å². The molecule has 0 bridgehead atoms. The fourth-order valence-corrected chi connectivity index (χ4v) is 3.30. The van der Waals surface area contributed by atoms with Crippen LogP contribution in [0, 0.1) is 31.0 Å². The SMILES string of the molecule is CCc1ccccc1-n1c(C)cc(C=C(C#N)c2ccc(F)cc2)c1C. The molecule has 0 spiro atoms. The molecular formula is C23H21FN2. The molecule has 3 heteroatoms. The maximum atomic E-state index is 13.2. The Labute approximate surface area is 153 Å². The molecule has 26 heavy (non-hydrogen) atoms. The van der Waals surface area contributed by atoms with Crippen molar-refractivity contribution in [1.82, 2.24) is 4.57 Å². The van der Waals surface area contributed by atoms with Crippen molar-refractivity contribution in [2.45, 2.75) is 27.2 Å². The monoisotopic (exact) mass is 344 g/mol. The molecule has 3 aromatic rings. The number of nitriles is 1. The van der Waals surface area contributed by atoms with Crippen LogP contribution < -0.4 is 0 Å².